The molecule has 1 aromatic heterocycles. The van der Waals surface area contributed by atoms with Crippen molar-refractivity contribution in [1.29, 1.82) is 0 Å². The fourth-order valence-electron chi connectivity index (χ4n) is 3.23. The van der Waals surface area contributed by atoms with Gasteiger partial charge in [-0.15, -0.1) is 0 Å². The monoisotopic (exact) mass is 368 g/mol. The smallest absolute Gasteiger partial charge is 0.311 e. The van der Waals surface area contributed by atoms with Gasteiger partial charge < -0.3 is 4.57 Å². The van der Waals surface area contributed by atoms with Crippen molar-refractivity contribution < 1.29 is 22.8 Å². The topological polar surface area (TPSA) is 76.0 Å². The molecule has 0 bridgehead atoms. The van der Waals surface area contributed by atoms with Crippen LogP contribution in [-0.4, -0.2) is 21.4 Å². The molecule has 0 radical (unpaired) electrons. The van der Waals surface area contributed by atoms with Crippen molar-refractivity contribution in [3.05, 3.63) is 30.1 Å². The molecule has 6 nitrogen and oxygen atoms in total. The number of hydrazine groups is 1. The van der Waals surface area contributed by atoms with Crippen LogP contribution in [0.4, 0.5) is 13.2 Å². The number of amides is 2. The molecule has 1 saturated carbocycles. The fourth-order valence-corrected chi connectivity index (χ4v) is 3.23. The van der Waals surface area contributed by atoms with E-state index in [0.717, 1.165) is 36.7 Å². The molecule has 0 aliphatic heterocycles. The molecule has 0 spiro atoms. The lowest BCUT2D eigenvalue weighted by Gasteiger charge is -2.21. The van der Waals surface area contributed by atoms with E-state index in [2.05, 4.69) is 15.8 Å². The molecule has 0 atom stereocenters. The lowest BCUT2D eigenvalue weighted by molar-refractivity contribution is -0.147. The lowest BCUT2D eigenvalue weighted by atomic mass is 9.89. The van der Waals surface area contributed by atoms with E-state index in [1.165, 1.54) is 12.1 Å². The first-order chi connectivity index (χ1) is 12.4. The van der Waals surface area contributed by atoms with Gasteiger partial charge in [-0.2, -0.15) is 13.2 Å². The maximum absolute atomic E-state index is 13.2. The lowest BCUT2D eigenvalue weighted by Crippen LogP contribution is -2.46. The number of rotatable bonds is 3. The summed E-state index contributed by atoms with van der Waals surface area (Å²) in [5, 5.41) is 0. The van der Waals surface area contributed by atoms with Crippen LogP contribution in [0, 0.1) is 5.92 Å². The number of aromatic nitrogens is 2. The molecule has 0 saturated heterocycles. The average molecular weight is 368 g/mol. The minimum atomic E-state index is -4.69. The SMILES string of the molecule is O=C(Cn1c(C(F)(F)F)nc2ccccc21)NNC(=O)C1CCCCC1. The number of alkyl halides is 3. The largest absolute Gasteiger partial charge is 0.449 e. The van der Waals surface area contributed by atoms with Crippen LogP contribution in [0.3, 0.4) is 0 Å². The maximum atomic E-state index is 13.2. The molecular weight excluding hydrogens is 349 g/mol. The summed E-state index contributed by atoms with van der Waals surface area (Å²) in [6.45, 7) is -0.597. The van der Waals surface area contributed by atoms with Gasteiger partial charge in [0.25, 0.3) is 5.91 Å². The fraction of sp³-hybridized carbons (Fsp3) is 0.471. The Morgan fingerprint density at radius 3 is 2.50 bits per heavy atom. The van der Waals surface area contributed by atoms with Gasteiger partial charge in [0.15, 0.2) is 0 Å². The molecule has 1 heterocycles. The number of carbonyl (C=O) groups is 2. The van der Waals surface area contributed by atoms with Gasteiger partial charge in [0.2, 0.25) is 11.7 Å². The van der Waals surface area contributed by atoms with Crippen LogP contribution >= 0.6 is 0 Å². The summed E-state index contributed by atoms with van der Waals surface area (Å²) < 4.78 is 40.4. The number of hydrogen-bond donors (Lipinski definition) is 2. The predicted octanol–water partition coefficient (Wildman–Crippen LogP) is 2.78. The Morgan fingerprint density at radius 2 is 1.81 bits per heavy atom. The second-order valence-electron chi connectivity index (χ2n) is 6.38. The number of nitrogens with one attached hydrogen (secondary N) is 2. The van der Waals surface area contributed by atoms with E-state index in [-0.39, 0.29) is 22.9 Å². The van der Waals surface area contributed by atoms with Gasteiger partial charge >= 0.3 is 6.18 Å². The van der Waals surface area contributed by atoms with Crippen molar-refractivity contribution in [2.24, 2.45) is 5.92 Å². The van der Waals surface area contributed by atoms with Crippen LogP contribution < -0.4 is 10.9 Å². The van der Waals surface area contributed by atoms with Gasteiger partial charge in [0.1, 0.15) is 6.54 Å². The van der Waals surface area contributed by atoms with Crippen LogP contribution in [0.15, 0.2) is 24.3 Å². The van der Waals surface area contributed by atoms with Gasteiger partial charge in [-0.05, 0) is 25.0 Å². The number of fused-ring (bicyclic) bond motifs is 1. The zero-order valence-corrected chi connectivity index (χ0v) is 14.0. The minimum Gasteiger partial charge on any atom is -0.311 e. The Hall–Kier alpha value is -2.58. The number of halogens is 3. The normalized spacial score (nSPS) is 15.8. The molecule has 1 aromatic carbocycles. The summed E-state index contributed by atoms with van der Waals surface area (Å²) in [4.78, 5) is 27.7. The van der Waals surface area contributed by atoms with Crippen molar-refractivity contribution in [3.8, 4) is 0 Å². The van der Waals surface area contributed by atoms with Gasteiger partial charge in [-0.3, -0.25) is 20.4 Å². The van der Waals surface area contributed by atoms with Gasteiger partial charge in [0.05, 0.1) is 11.0 Å². The molecular formula is C17H19F3N4O2. The highest BCUT2D eigenvalue weighted by Crippen LogP contribution is 2.31. The molecule has 26 heavy (non-hydrogen) atoms. The van der Waals surface area contributed by atoms with Crippen LogP contribution in [0.1, 0.15) is 37.9 Å². The zero-order chi connectivity index (χ0) is 18.7. The third-order valence-electron chi connectivity index (χ3n) is 4.51. The number of imidazole rings is 1. The number of nitrogens with zero attached hydrogens (tertiary/aromatic N) is 2. The van der Waals surface area contributed by atoms with E-state index in [1.54, 1.807) is 12.1 Å². The summed E-state index contributed by atoms with van der Waals surface area (Å²) in [5.74, 6) is -2.36. The zero-order valence-electron chi connectivity index (χ0n) is 14.0. The van der Waals surface area contributed by atoms with E-state index in [4.69, 9.17) is 0 Å². The van der Waals surface area contributed by atoms with Gasteiger partial charge in [-0.25, -0.2) is 4.98 Å². The van der Waals surface area contributed by atoms with Crippen molar-refractivity contribution in [1.82, 2.24) is 20.4 Å². The molecule has 2 aromatic rings. The van der Waals surface area contributed by atoms with Gasteiger partial charge in [0, 0.05) is 5.92 Å². The quantitative estimate of drug-likeness (QED) is 0.818. The predicted molar refractivity (Wildman–Crippen MR) is 87.6 cm³/mol. The van der Waals surface area contributed by atoms with Crippen LogP contribution in [0.25, 0.3) is 11.0 Å². The molecule has 1 aliphatic rings. The number of carbonyl (C=O) groups excluding carboxylic acids is 2. The highest BCUT2D eigenvalue weighted by molar-refractivity contribution is 5.84. The van der Waals surface area contributed by atoms with Gasteiger partial charge in [-0.1, -0.05) is 31.4 Å². The molecule has 140 valence electrons. The first-order valence-electron chi connectivity index (χ1n) is 8.47. The average Bonchev–Trinajstić information content (AvgIpc) is 2.99. The summed E-state index contributed by atoms with van der Waals surface area (Å²) in [5.41, 5.74) is 4.88. The van der Waals surface area contributed by atoms with Crippen molar-refractivity contribution >= 4 is 22.8 Å². The molecule has 1 aliphatic carbocycles. The van der Waals surface area contributed by atoms with E-state index in [9.17, 15) is 22.8 Å². The first-order valence-corrected chi connectivity index (χ1v) is 8.47. The standard InChI is InChI=1S/C17H19F3N4O2/c18-17(19,20)16-21-12-8-4-5-9-13(12)24(16)10-14(25)22-23-15(26)11-6-2-1-3-7-11/h4-5,8-9,11H,1-3,6-7,10H2,(H,22,25)(H,23,26). The second kappa shape index (κ2) is 7.35. The molecule has 0 unspecified atom stereocenters. The van der Waals surface area contributed by atoms with Crippen molar-refractivity contribution in [3.63, 3.8) is 0 Å². The highest BCUT2D eigenvalue weighted by atomic mass is 19.4. The van der Waals surface area contributed by atoms with Crippen molar-refractivity contribution in [2.45, 2.75) is 44.8 Å². The third kappa shape index (κ3) is 3.97. The second-order valence-corrected chi connectivity index (χ2v) is 6.38. The highest BCUT2D eigenvalue weighted by Gasteiger charge is 2.38. The number of para-hydroxylation sites is 2. The van der Waals surface area contributed by atoms with Crippen molar-refractivity contribution in [2.75, 3.05) is 0 Å². The van der Waals surface area contributed by atoms with E-state index in [1.807, 2.05) is 0 Å². The van der Waals surface area contributed by atoms with E-state index < -0.39 is 24.5 Å². The minimum absolute atomic E-state index is 0.152. The molecule has 9 heteroatoms. The number of benzene rings is 1. The Morgan fingerprint density at radius 1 is 1.12 bits per heavy atom. The molecule has 2 amide bonds. The Labute approximate surface area is 147 Å². The van der Waals surface area contributed by atoms with Crippen LogP contribution in [-0.2, 0) is 22.3 Å². The van der Waals surface area contributed by atoms with E-state index in [0.29, 0.717) is 0 Å². The Kier molecular flexibility index (Phi) is 5.15. The maximum Gasteiger partial charge on any atom is 0.449 e. The number of hydrogen-bond acceptors (Lipinski definition) is 3. The summed E-state index contributed by atoms with van der Waals surface area (Å²) in [6.07, 6.45) is -0.170. The summed E-state index contributed by atoms with van der Waals surface area (Å²) >= 11 is 0. The van der Waals surface area contributed by atoms with Crippen LogP contribution in [0.5, 0.6) is 0 Å². The third-order valence-corrected chi connectivity index (χ3v) is 4.51. The Balaban J connectivity index is 1.70. The van der Waals surface area contributed by atoms with Crippen LogP contribution in [0.2, 0.25) is 0 Å². The molecule has 2 N–H and O–H groups in total. The molecule has 1 fully saturated rings. The summed E-state index contributed by atoms with van der Waals surface area (Å²) in [6, 6.07) is 6.06. The Bertz CT molecular complexity index is 810. The summed E-state index contributed by atoms with van der Waals surface area (Å²) in [7, 11) is 0. The first kappa shape index (κ1) is 18.2. The molecule has 3 rings (SSSR count). The van der Waals surface area contributed by atoms with E-state index >= 15 is 0 Å².